The number of rotatable bonds is 7. The van der Waals surface area contributed by atoms with Crippen molar-refractivity contribution in [1.82, 2.24) is 19.9 Å². The number of halogens is 1. The van der Waals surface area contributed by atoms with E-state index in [2.05, 4.69) is 19.9 Å². The first kappa shape index (κ1) is 17.7. The maximum absolute atomic E-state index is 5.99. The summed E-state index contributed by atoms with van der Waals surface area (Å²) in [5.41, 5.74) is 7.40. The highest BCUT2D eigenvalue weighted by Gasteiger charge is 2.13. The van der Waals surface area contributed by atoms with Gasteiger partial charge in [-0.15, -0.1) is 0 Å². The summed E-state index contributed by atoms with van der Waals surface area (Å²) in [7, 11) is 1.54. The van der Waals surface area contributed by atoms with Gasteiger partial charge in [-0.1, -0.05) is 23.7 Å². The molecule has 0 atom stereocenters. The molecule has 0 aliphatic carbocycles. The van der Waals surface area contributed by atoms with Crippen LogP contribution in [0.5, 0.6) is 17.6 Å². The first-order valence-corrected chi connectivity index (χ1v) is 8.03. The van der Waals surface area contributed by atoms with Gasteiger partial charge in [0.05, 0.1) is 25.1 Å². The summed E-state index contributed by atoms with van der Waals surface area (Å²) < 4.78 is 16.1. The highest BCUT2D eigenvalue weighted by atomic mass is 35.5. The summed E-state index contributed by atoms with van der Waals surface area (Å²) in [4.78, 5) is 16.2. The number of nitrogen functional groups attached to an aromatic ring is 1. The predicted octanol–water partition coefficient (Wildman–Crippen LogP) is 2.64. The summed E-state index contributed by atoms with van der Waals surface area (Å²) in [5.74, 6) is 1.23. The molecule has 3 rings (SSSR count). The fraction of sp³-hybridized carbons (Fsp3) is 0.176. The van der Waals surface area contributed by atoms with Gasteiger partial charge in [0, 0.05) is 5.02 Å². The monoisotopic (exact) mass is 373 g/mol. The Morgan fingerprint density at radius 3 is 2.35 bits per heavy atom. The lowest BCUT2D eigenvalue weighted by atomic mass is 10.1. The van der Waals surface area contributed by atoms with Crippen LogP contribution in [0.3, 0.4) is 0 Å². The van der Waals surface area contributed by atoms with Gasteiger partial charge in [0.1, 0.15) is 25.4 Å². The van der Waals surface area contributed by atoms with Crippen molar-refractivity contribution in [3.8, 4) is 28.8 Å². The summed E-state index contributed by atoms with van der Waals surface area (Å²) in [6.07, 6.45) is 4.39. The highest BCUT2D eigenvalue weighted by molar-refractivity contribution is 6.30. The lowest BCUT2D eigenvalue weighted by molar-refractivity contribution is 0.201. The second-order valence-electron chi connectivity index (χ2n) is 5.05. The largest absolute Gasteiger partial charge is 0.494 e. The van der Waals surface area contributed by atoms with E-state index in [0.29, 0.717) is 28.0 Å². The van der Waals surface area contributed by atoms with Crippen LogP contribution in [0.25, 0.3) is 11.1 Å². The Labute approximate surface area is 155 Å². The molecule has 2 aromatic heterocycles. The van der Waals surface area contributed by atoms with Gasteiger partial charge in [-0.05, 0) is 17.7 Å². The maximum atomic E-state index is 5.99. The van der Waals surface area contributed by atoms with Gasteiger partial charge < -0.3 is 19.9 Å². The van der Waals surface area contributed by atoms with Crippen molar-refractivity contribution in [3.63, 3.8) is 0 Å². The average Bonchev–Trinajstić information content (AvgIpc) is 2.67. The minimum Gasteiger partial charge on any atom is -0.494 e. The summed E-state index contributed by atoms with van der Waals surface area (Å²) in [6, 6.07) is 7.40. The molecular weight excluding hydrogens is 358 g/mol. The first-order valence-electron chi connectivity index (χ1n) is 7.65. The Balaban J connectivity index is 1.64. The lowest BCUT2D eigenvalue weighted by Crippen LogP contribution is -2.12. The molecule has 0 aliphatic heterocycles. The predicted molar refractivity (Wildman–Crippen MR) is 96.5 cm³/mol. The van der Waals surface area contributed by atoms with Crippen LogP contribution in [-0.2, 0) is 0 Å². The smallest absolute Gasteiger partial charge is 0.316 e. The van der Waals surface area contributed by atoms with Crippen molar-refractivity contribution in [2.45, 2.75) is 0 Å². The molecule has 9 heteroatoms. The fourth-order valence-electron chi connectivity index (χ4n) is 2.14. The third-order valence-electron chi connectivity index (χ3n) is 3.37. The molecule has 2 N–H and O–H groups in total. The second-order valence-corrected chi connectivity index (χ2v) is 5.48. The van der Waals surface area contributed by atoms with E-state index in [0.717, 1.165) is 5.56 Å². The van der Waals surface area contributed by atoms with Crippen molar-refractivity contribution < 1.29 is 14.2 Å². The summed E-state index contributed by atoms with van der Waals surface area (Å²) in [5, 5.41) is 0.625. The van der Waals surface area contributed by atoms with Crippen LogP contribution >= 0.6 is 11.6 Å². The quantitative estimate of drug-likeness (QED) is 0.630. The van der Waals surface area contributed by atoms with Gasteiger partial charge in [0.2, 0.25) is 5.88 Å². The molecule has 0 radical (unpaired) electrons. The Morgan fingerprint density at radius 2 is 1.65 bits per heavy atom. The molecule has 134 valence electrons. The van der Waals surface area contributed by atoms with Crippen LogP contribution in [0.4, 0.5) is 5.82 Å². The molecule has 2 heterocycles. The van der Waals surface area contributed by atoms with Crippen molar-refractivity contribution in [3.05, 3.63) is 48.0 Å². The van der Waals surface area contributed by atoms with Gasteiger partial charge in [-0.25, -0.2) is 9.97 Å². The molecule has 8 nitrogen and oxygen atoms in total. The SMILES string of the molecule is COc1cnc(OCCOc2ncnc(N)c2-c2ccc(Cl)cc2)nc1. The zero-order chi connectivity index (χ0) is 18.4. The van der Waals surface area contributed by atoms with E-state index in [-0.39, 0.29) is 19.2 Å². The van der Waals surface area contributed by atoms with E-state index in [9.17, 15) is 0 Å². The van der Waals surface area contributed by atoms with E-state index in [1.807, 2.05) is 12.1 Å². The van der Waals surface area contributed by atoms with Crippen molar-refractivity contribution in [1.29, 1.82) is 0 Å². The second kappa shape index (κ2) is 8.30. The van der Waals surface area contributed by atoms with Gasteiger partial charge in [0.15, 0.2) is 5.75 Å². The lowest BCUT2D eigenvalue weighted by Gasteiger charge is -2.12. The Hall–Kier alpha value is -3.13. The van der Waals surface area contributed by atoms with E-state index >= 15 is 0 Å². The number of benzene rings is 1. The Bertz CT molecular complexity index is 859. The zero-order valence-corrected chi connectivity index (χ0v) is 14.7. The van der Waals surface area contributed by atoms with Crippen molar-refractivity contribution in [2.75, 3.05) is 26.1 Å². The molecule has 3 aromatic rings. The molecule has 26 heavy (non-hydrogen) atoms. The standard InChI is InChI=1S/C17H16ClN5O3/c1-24-13-8-20-17(21-9-13)26-7-6-25-16-14(15(19)22-10-23-16)11-2-4-12(18)5-3-11/h2-5,8-10H,6-7H2,1H3,(H2,19,22,23). The molecule has 0 fully saturated rings. The number of aromatic nitrogens is 4. The van der Waals surface area contributed by atoms with E-state index in [1.54, 1.807) is 19.2 Å². The average molecular weight is 374 g/mol. The number of nitrogens with two attached hydrogens (primary N) is 1. The fourth-order valence-corrected chi connectivity index (χ4v) is 2.26. The molecule has 0 spiro atoms. The minimum absolute atomic E-state index is 0.229. The van der Waals surface area contributed by atoms with Gasteiger partial charge in [0.25, 0.3) is 0 Å². The Kier molecular flexibility index (Phi) is 5.65. The van der Waals surface area contributed by atoms with Crippen LogP contribution in [-0.4, -0.2) is 40.3 Å². The van der Waals surface area contributed by atoms with Crippen molar-refractivity contribution >= 4 is 17.4 Å². The molecule has 0 saturated heterocycles. The summed E-state index contributed by atoms with van der Waals surface area (Å²) >= 11 is 5.93. The molecule has 0 unspecified atom stereocenters. The van der Waals surface area contributed by atoms with Crippen LogP contribution < -0.4 is 19.9 Å². The van der Waals surface area contributed by atoms with Crippen LogP contribution in [0.15, 0.2) is 43.0 Å². The van der Waals surface area contributed by atoms with Crippen LogP contribution in [0, 0.1) is 0 Å². The normalized spacial score (nSPS) is 10.4. The van der Waals surface area contributed by atoms with Gasteiger partial charge >= 0.3 is 6.01 Å². The molecular formula is C17H16ClN5O3. The third-order valence-corrected chi connectivity index (χ3v) is 3.62. The Morgan fingerprint density at radius 1 is 0.962 bits per heavy atom. The van der Waals surface area contributed by atoms with Crippen LogP contribution in [0.2, 0.25) is 5.02 Å². The van der Waals surface area contributed by atoms with E-state index in [4.69, 9.17) is 31.5 Å². The molecule has 0 amide bonds. The van der Waals surface area contributed by atoms with Gasteiger partial charge in [-0.2, -0.15) is 9.97 Å². The number of hydrogen-bond donors (Lipinski definition) is 1. The number of hydrogen-bond acceptors (Lipinski definition) is 8. The maximum Gasteiger partial charge on any atom is 0.316 e. The number of anilines is 1. The van der Waals surface area contributed by atoms with E-state index in [1.165, 1.54) is 18.7 Å². The van der Waals surface area contributed by atoms with Crippen LogP contribution in [0.1, 0.15) is 0 Å². The third kappa shape index (κ3) is 4.28. The molecule has 0 bridgehead atoms. The number of nitrogens with zero attached hydrogens (tertiary/aromatic N) is 4. The van der Waals surface area contributed by atoms with Crippen molar-refractivity contribution in [2.24, 2.45) is 0 Å². The molecule has 0 saturated carbocycles. The minimum atomic E-state index is 0.229. The van der Waals surface area contributed by atoms with Gasteiger partial charge in [-0.3, -0.25) is 0 Å². The van der Waals surface area contributed by atoms with E-state index < -0.39 is 0 Å². The number of ether oxygens (including phenoxy) is 3. The molecule has 1 aromatic carbocycles. The summed E-state index contributed by atoms with van der Waals surface area (Å²) in [6.45, 7) is 0.461. The first-order chi connectivity index (χ1) is 12.7. The molecule has 0 aliphatic rings. The highest BCUT2D eigenvalue weighted by Crippen LogP contribution is 2.32. The zero-order valence-electron chi connectivity index (χ0n) is 13.9. The number of methoxy groups -OCH3 is 1. The topological polar surface area (TPSA) is 105 Å².